The number of aromatic nitrogens is 7. The van der Waals surface area contributed by atoms with Crippen molar-refractivity contribution in [2.24, 2.45) is 0 Å². The lowest BCUT2D eigenvalue weighted by Gasteiger charge is -2.11. The second-order valence-corrected chi connectivity index (χ2v) is 6.53. The van der Waals surface area contributed by atoms with Crippen molar-refractivity contribution < 1.29 is 4.79 Å². The summed E-state index contributed by atoms with van der Waals surface area (Å²) in [6.45, 7) is 5.80. The van der Waals surface area contributed by atoms with Crippen molar-refractivity contribution in [1.82, 2.24) is 34.1 Å². The van der Waals surface area contributed by atoms with Crippen molar-refractivity contribution in [3.05, 3.63) is 59.8 Å². The number of rotatable bonds is 5. The fourth-order valence-electron chi connectivity index (χ4n) is 3.20. The zero-order valence-electron chi connectivity index (χ0n) is 15.9. The number of nitrogens with zero attached hydrogens (tertiary/aromatic N) is 7. The number of hydrogen-bond donors (Lipinski definition) is 1. The molecule has 0 aliphatic heterocycles. The van der Waals surface area contributed by atoms with Gasteiger partial charge in [0.25, 0.3) is 5.78 Å². The van der Waals surface area contributed by atoms with E-state index in [4.69, 9.17) is 0 Å². The quantitative estimate of drug-likeness (QED) is 0.573. The Morgan fingerprint density at radius 3 is 2.71 bits per heavy atom. The lowest BCUT2D eigenvalue weighted by atomic mass is 10.1. The van der Waals surface area contributed by atoms with E-state index in [-0.39, 0.29) is 5.91 Å². The van der Waals surface area contributed by atoms with Gasteiger partial charge in [-0.25, -0.2) is 19.5 Å². The Kier molecular flexibility index (Phi) is 4.56. The van der Waals surface area contributed by atoms with Crippen molar-refractivity contribution in [2.45, 2.75) is 33.6 Å². The number of carbonyl (C=O) groups excluding carboxylic acids is 1. The van der Waals surface area contributed by atoms with Crippen LogP contribution in [0.25, 0.3) is 11.6 Å². The zero-order valence-corrected chi connectivity index (χ0v) is 15.9. The molecule has 0 aromatic carbocycles. The maximum Gasteiger partial charge on any atom is 0.252 e. The van der Waals surface area contributed by atoms with Crippen LogP contribution in [0.15, 0.2) is 37.1 Å². The Labute approximate surface area is 161 Å². The third kappa shape index (κ3) is 3.34. The molecule has 0 spiro atoms. The average molecular weight is 376 g/mol. The van der Waals surface area contributed by atoms with Crippen LogP contribution in [0, 0.1) is 20.8 Å². The molecular weight excluding hydrogens is 356 g/mol. The normalized spacial score (nSPS) is 11.1. The topological polar surface area (TPSA) is 103 Å². The summed E-state index contributed by atoms with van der Waals surface area (Å²) in [6, 6.07) is 3.68. The van der Waals surface area contributed by atoms with Crippen molar-refractivity contribution in [3.63, 3.8) is 0 Å². The van der Waals surface area contributed by atoms with Crippen molar-refractivity contribution in [3.8, 4) is 5.82 Å². The number of hydrogen-bond acceptors (Lipinski definition) is 6. The van der Waals surface area contributed by atoms with Gasteiger partial charge in [-0.2, -0.15) is 10.1 Å². The maximum atomic E-state index is 12.4. The number of carbonyl (C=O) groups is 1. The van der Waals surface area contributed by atoms with Gasteiger partial charge in [-0.3, -0.25) is 9.36 Å². The summed E-state index contributed by atoms with van der Waals surface area (Å²) in [7, 11) is 0. The van der Waals surface area contributed by atoms with Gasteiger partial charge < -0.3 is 5.32 Å². The largest absolute Gasteiger partial charge is 0.325 e. The van der Waals surface area contributed by atoms with Gasteiger partial charge in [0, 0.05) is 30.2 Å². The van der Waals surface area contributed by atoms with Gasteiger partial charge in [0.05, 0.1) is 11.9 Å². The Hall–Kier alpha value is -3.62. The molecule has 4 aromatic heterocycles. The van der Waals surface area contributed by atoms with Gasteiger partial charge in [-0.05, 0) is 44.9 Å². The van der Waals surface area contributed by atoms with Gasteiger partial charge in [0.1, 0.15) is 18.0 Å². The first-order valence-electron chi connectivity index (χ1n) is 8.95. The number of amides is 1. The van der Waals surface area contributed by atoms with Crippen LogP contribution in [0.2, 0.25) is 0 Å². The lowest BCUT2D eigenvalue weighted by molar-refractivity contribution is -0.116. The minimum Gasteiger partial charge on any atom is -0.325 e. The summed E-state index contributed by atoms with van der Waals surface area (Å²) >= 11 is 0. The maximum absolute atomic E-state index is 12.4. The van der Waals surface area contributed by atoms with E-state index in [1.165, 1.54) is 6.33 Å². The number of nitrogens with one attached hydrogen (secondary N) is 1. The van der Waals surface area contributed by atoms with E-state index in [2.05, 4.69) is 30.4 Å². The predicted octanol–water partition coefficient (Wildman–Crippen LogP) is 2.20. The SMILES string of the molecule is Cc1nc2ncnn2c(C)c1CCC(=O)Nc1ccc(-n2ccnc2C)nc1. The molecule has 1 amide bonds. The third-order valence-electron chi connectivity index (χ3n) is 4.69. The highest BCUT2D eigenvalue weighted by Crippen LogP contribution is 2.16. The molecule has 0 bridgehead atoms. The standard InChI is InChI=1S/C19H20N8O/c1-12-16(13(2)27-19(24-12)22-11-23-27)5-7-18(28)25-15-4-6-17(21-10-15)26-9-8-20-14(26)3/h4,6,8-11H,5,7H2,1-3H3,(H,25,28). The first-order valence-corrected chi connectivity index (χ1v) is 8.95. The first kappa shape index (κ1) is 17.8. The lowest BCUT2D eigenvalue weighted by Crippen LogP contribution is -2.14. The van der Waals surface area contributed by atoms with Gasteiger partial charge in [-0.1, -0.05) is 0 Å². The molecule has 0 unspecified atom stereocenters. The highest BCUT2D eigenvalue weighted by atomic mass is 16.1. The summed E-state index contributed by atoms with van der Waals surface area (Å²) < 4.78 is 3.57. The fourth-order valence-corrected chi connectivity index (χ4v) is 3.20. The molecule has 0 aliphatic rings. The predicted molar refractivity (Wildman–Crippen MR) is 103 cm³/mol. The minimum absolute atomic E-state index is 0.0779. The minimum atomic E-state index is -0.0779. The zero-order chi connectivity index (χ0) is 19.7. The molecule has 0 saturated carbocycles. The molecule has 9 nitrogen and oxygen atoms in total. The molecule has 4 heterocycles. The average Bonchev–Trinajstić information content (AvgIpc) is 3.31. The van der Waals surface area contributed by atoms with Crippen LogP contribution in [-0.2, 0) is 11.2 Å². The van der Waals surface area contributed by atoms with E-state index >= 15 is 0 Å². The molecule has 4 aromatic rings. The monoisotopic (exact) mass is 376 g/mol. The van der Waals surface area contributed by atoms with Crippen molar-refractivity contribution in [1.29, 1.82) is 0 Å². The summed E-state index contributed by atoms with van der Waals surface area (Å²) in [6.07, 6.45) is 7.61. The number of pyridine rings is 1. The summed E-state index contributed by atoms with van der Waals surface area (Å²) in [4.78, 5) is 29.5. The van der Waals surface area contributed by atoms with Crippen molar-refractivity contribution >= 4 is 17.4 Å². The van der Waals surface area contributed by atoms with E-state index in [0.29, 0.717) is 24.3 Å². The number of fused-ring (bicyclic) bond motifs is 1. The second-order valence-electron chi connectivity index (χ2n) is 6.53. The van der Waals surface area contributed by atoms with E-state index in [0.717, 1.165) is 28.6 Å². The summed E-state index contributed by atoms with van der Waals surface area (Å²) in [5.41, 5.74) is 3.49. The summed E-state index contributed by atoms with van der Waals surface area (Å²) in [5.74, 6) is 2.10. The van der Waals surface area contributed by atoms with E-state index in [1.807, 2.05) is 43.7 Å². The van der Waals surface area contributed by atoms with Crippen LogP contribution in [0.5, 0.6) is 0 Å². The molecular formula is C19H20N8O. The second kappa shape index (κ2) is 7.18. The smallest absolute Gasteiger partial charge is 0.252 e. The number of anilines is 1. The number of imidazole rings is 1. The molecule has 0 fully saturated rings. The Bertz CT molecular complexity index is 1140. The van der Waals surface area contributed by atoms with Crippen LogP contribution < -0.4 is 5.32 Å². The Morgan fingerprint density at radius 2 is 2.00 bits per heavy atom. The van der Waals surface area contributed by atoms with E-state index in [1.54, 1.807) is 16.9 Å². The molecule has 28 heavy (non-hydrogen) atoms. The Morgan fingerprint density at radius 1 is 1.14 bits per heavy atom. The molecule has 0 aliphatic carbocycles. The van der Waals surface area contributed by atoms with Crippen LogP contribution in [0.3, 0.4) is 0 Å². The third-order valence-corrected chi connectivity index (χ3v) is 4.69. The summed E-state index contributed by atoms with van der Waals surface area (Å²) in [5, 5.41) is 7.07. The van der Waals surface area contributed by atoms with Crippen LogP contribution in [0.1, 0.15) is 29.2 Å². The van der Waals surface area contributed by atoms with Gasteiger partial charge in [0.2, 0.25) is 5.91 Å². The van der Waals surface area contributed by atoms with Crippen LogP contribution >= 0.6 is 0 Å². The van der Waals surface area contributed by atoms with Gasteiger partial charge in [0.15, 0.2) is 0 Å². The van der Waals surface area contributed by atoms with Crippen molar-refractivity contribution in [2.75, 3.05) is 5.32 Å². The molecule has 0 radical (unpaired) electrons. The van der Waals surface area contributed by atoms with E-state index in [9.17, 15) is 4.79 Å². The fraction of sp³-hybridized carbons (Fsp3) is 0.263. The molecule has 9 heteroatoms. The Balaban J connectivity index is 1.42. The van der Waals surface area contributed by atoms with Gasteiger partial charge in [-0.15, -0.1) is 0 Å². The van der Waals surface area contributed by atoms with Crippen LogP contribution in [-0.4, -0.2) is 40.0 Å². The molecule has 142 valence electrons. The molecule has 0 atom stereocenters. The highest BCUT2D eigenvalue weighted by molar-refractivity contribution is 5.90. The van der Waals surface area contributed by atoms with Gasteiger partial charge >= 0.3 is 0 Å². The number of aryl methyl sites for hydroxylation is 3. The van der Waals surface area contributed by atoms with Crippen LogP contribution in [0.4, 0.5) is 5.69 Å². The molecule has 0 saturated heterocycles. The molecule has 4 rings (SSSR count). The van der Waals surface area contributed by atoms with E-state index < -0.39 is 0 Å². The highest BCUT2D eigenvalue weighted by Gasteiger charge is 2.13. The molecule has 1 N–H and O–H groups in total. The first-order chi connectivity index (χ1) is 13.5.